The minimum atomic E-state index is -3.31. The first-order valence-corrected chi connectivity index (χ1v) is 8.68. The first-order valence-electron chi connectivity index (χ1n) is 8.68. The molecule has 0 bridgehead atoms. The van der Waals surface area contributed by atoms with Crippen molar-refractivity contribution in [3.63, 3.8) is 0 Å². The Kier molecular flexibility index (Phi) is 4.38. The van der Waals surface area contributed by atoms with Gasteiger partial charge in [-0.05, 0) is 25.1 Å². The van der Waals surface area contributed by atoms with E-state index in [1.807, 2.05) is 0 Å². The van der Waals surface area contributed by atoms with Crippen LogP contribution in [0.3, 0.4) is 0 Å². The van der Waals surface area contributed by atoms with E-state index in [0.717, 1.165) is 0 Å². The summed E-state index contributed by atoms with van der Waals surface area (Å²) in [5, 5.41) is 2.41. The topological polar surface area (TPSA) is 59.9 Å². The van der Waals surface area contributed by atoms with Crippen molar-refractivity contribution in [1.29, 1.82) is 0 Å². The van der Waals surface area contributed by atoms with E-state index in [4.69, 9.17) is 9.47 Å². The van der Waals surface area contributed by atoms with Crippen molar-refractivity contribution in [2.45, 2.75) is 30.6 Å². The van der Waals surface area contributed by atoms with Crippen LogP contribution in [0.1, 0.15) is 22.8 Å². The van der Waals surface area contributed by atoms with Gasteiger partial charge in [0.15, 0.2) is 6.10 Å². The third-order valence-electron chi connectivity index (χ3n) is 4.95. The highest BCUT2D eigenvalue weighted by Crippen LogP contribution is 2.46. The van der Waals surface area contributed by atoms with Crippen molar-refractivity contribution in [3.05, 3.63) is 71.5 Å². The van der Waals surface area contributed by atoms with Gasteiger partial charge in [-0.25, -0.2) is 9.38 Å². The Labute approximate surface area is 159 Å². The summed E-state index contributed by atoms with van der Waals surface area (Å²) >= 11 is 0. The highest BCUT2D eigenvalue weighted by Gasteiger charge is 2.62. The minimum Gasteiger partial charge on any atom is -0.452 e. The van der Waals surface area contributed by atoms with Crippen molar-refractivity contribution >= 4 is 11.9 Å². The van der Waals surface area contributed by atoms with Crippen LogP contribution in [-0.4, -0.2) is 36.7 Å². The number of carbonyl (C=O) groups is 1. The molecule has 2 aromatic carbocycles. The molecular weight excluding hydrogens is 373 g/mol. The van der Waals surface area contributed by atoms with Crippen LogP contribution in [-0.2, 0) is 15.0 Å². The number of nitrogens with zero attached hydrogens (tertiary/aromatic N) is 1. The zero-order chi connectivity index (χ0) is 19.9. The molecule has 1 saturated heterocycles. The monoisotopic (exact) mass is 390 g/mol. The van der Waals surface area contributed by atoms with Crippen molar-refractivity contribution in [2.75, 3.05) is 6.61 Å². The molecule has 1 amide bonds. The summed E-state index contributed by atoms with van der Waals surface area (Å²) < 4.78 is 53.8. The number of alkyl halides is 2. The predicted octanol–water partition coefficient (Wildman–Crippen LogP) is 3.26. The molecule has 2 aliphatic rings. The Morgan fingerprint density at radius 1 is 1.11 bits per heavy atom. The van der Waals surface area contributed by atoms with Crippen molar-refractivity contribution in [3.8, 4) is 0 Å². The summed E-state index contributed by atoms with van der Waals surface area (Å²) in [6, 6.07) is 13.5. The number of amidine groups is 1. The van der Waals surface area contributed by atoms with Crippen LogP contribution < -0.4 is 5.32 Å². The molecule has 1 N–H and O–H groups in total. The maximum atomic E-state index is 14.5. The number of ether oxygens (including phenoxy) is 2. The fraction of sp³-hybridized carbons (Fsp3) is 0.300. The second kappa shape index (κ2) is 6.63. The molecule has 0 radical (unpaired) electrons. The van der Waals surface area contributed by atoms with Crippen LogP contribution >= 0.6 is 0 Å². The van der Waals surface area contributed by atoms with Gasteiger partial charge in [0.1, 0.15) is 24.1 Å². The van der Waals surface area contributed by atoms with E-state index in [0.29, 0.717) is 5.56 Å². The molecule has 5 nitrogen and oxygen atoms in total. The molecule has 146 valence electrons. The third-order valence-corrected chi connectivity index (χ3v) is 4.95. The lowest BCUT2D eigenvalue weighted by molar-refractivity contribution is -0.0886. The summed E-state index contributed by atoms with van der Waals surface area (Å²) in [6.07, 6.45) is -2.92. The van der Waals surface area contributed by atoms with Crippen LogP contribution in [0.15, 0.2) is 59.6 Å². The fourth-order valence-electron chi connectivity index (χ4n) is 3.52. The first-order chi connectivity index (χ1) is 13.3. The second-order valence-electron chi connectivity index (χ2n) is 6.90. The summed E-state index contributed by atoms with van der Waals surface area (Å²) in [5.74, 6) is -4.49. The molecule has 0 aromatic heterocycles. The van der Waals surface area contributed by atoms with Gasteiger partial charge in [-0.3, -0.25) is 10.1 Å². The van der Waals surface area contributed by atoms with Crippen LogP contribution in [0, 0.1) is 5.82 Å². The van der Waals surface area contributed by atoms with E-state index in [1.165, 1.54) is 25.1 Å². The summed E-state index contributed by atoms with van der Waals surface area (Å²) in [7, 11) is 0. The standard InChI is InChI=1S/C20H17F3N2O3/c1-19(13-9-5-6-10-14(13)21)15-16(20(22,23)11-27-15)28-18(25-19)24-17(26)12-7-3-2-4-8-12/h2-10,15-16H,11H2,1H3,(H,24,25,26)/t15-,16-,19+/m0/s1. The number of hydrogen-bond donors (Lipinski definition) is 1. The van der Waals surface area contributed by atoms with Crippen molar-refractivity contribution in [2.24, 2.45) is 4.99 Å². The van der Waals surface area contributed by atoms with E-state index >= 15 is 0 Å². The smallest absolute Gasteiger partial charge is 0.309 e. The van der Waals surface area contributed by atoms with E-state index < -0.39 is 48.0 Å². The number of carbonyl (C=O) groups excluding carboxylic acids is 1. The number of amides is 1. The summed E-state index contributed by atoms with van der Waals surface area (Å²) in [6.45, 7) is 0.615. The Morgan fingerprint density at radius 3 is 2.50 bits per heavy atom. The van der Waals surface area contributed by atoms with E-state index in [2.05, 4.69) is 10.3 Å². The van der Waals surface area contributed by atoms with Crippen LogP contribution in [0.2, 0.25) is 0 Å². The summed E-state index contributed by atoms with van der Waals surface area (Å²) in [4.78, 5) is 16.7. The number of benzene rings is 2. The number of halogens is 3. The van der Waals surface area contributed by atoms with Gasteiger partial charge in [0.2, 0.25) is 0 Å². The molecule has 0 saturated carbocycles. The average molecular weight is 390 g/mol. The van der Waals surface area contributed by atoms with Gasteiger partial charge in [-0.2, -0.15) is 8.78 Å². The molecule has 1 fully saturated rings. The van der Waals surface area contributed by atoms with Crippen molar-refractivity contribution in [1.82, 2.24) is 5.32 Å². The maximum absolute atomic E-state index is 14.5. The lowest BCUT2D eigenvalue weighted by atomic mass is 9.82. The largest absolute Gasteiger partial charge is 0.452 e. The number of nitrogens with one attached hydrogen (secondary N) is 1. The lowest BCUT2D eigenvalue weighted by Gasteiger charge is -2.39. The Morgan fingerprint density at radius 2 is 1.79 bits per heavy atom. The van der Waals surface area contributed by atoms with Gasteiger partial charge in [-0.1, -0.05) is 36.4 Å². The third kappa shape index (κ3) is 3.03. The molecule has 28 heavy (non-hydrogen) atoms. The Hall–Kier alpha value is -2.87. The highest BCUT2D eigenvalue weighted by molar-refractivity contribution is 6.04. The molecule has 4 rings (SSSR count). The second-order valence-corrected chi connectivity index (χ2v) is 6.90. The molecule has 0 unspecified atom stereocenters. The molecule has 2 aliphatic heterocycles. The lowest BCUT2D eigenvalue weighted by Crippen LogP contribution is -2.55. The van der Waals surface area contributed by atoms with Crippen LogP contribution in [0.4, 0.5) is 13.2 Å². The quantitative estimate of drug-likeness (QED) is 0.856. The van der Waals surface area contributed by atoms with Crippen LogP contribution in [0.25, 0.3) is 0 Å². The van der Waals surface area contributed by atoms with Gasteiger partial charge in [0.25, 0.3) is 11.9 Å². The van der Waals surface area contributed by atoms with E-state index in [-0.39, 0.29) is 5.56 Å². The molecule has 2 heterocycles. The SMILES string of the molecule is C[C@]1(c2ccccc2F)N=C(NC(=O)c2ccccc2)O[C@H]2[C@@H]1OCC2(F)F. The fourth-order valence-corrected chi connectivity index (χ4v) is 3.52. The molecular formula is C20H17F3N2O3. The Bertz CT molecular complexity index is 935. The number of fused-ring (bicyclic) bond motifs is 1. The molecule has 2 aromatic rings. The number of hydrogen-bond acceptors (Lipinski definition) is 4. The van der Waals surface area contributed by atoms with Gasteiger partial charge in [-0.15, -0.1) is 0 Å². The molecule has 0 aliphatic carbocycles. The number of rotatable bonds is 2. The zero-order valence-electron chi connectivity index (χ0n) is 14.9. The maximum Gasteiger partial charge on any atom is 0.309 e. The number of aliphatic imine (C=N–C) groups is 1. The first kappa shape index (κ1) is 18.5. The Balaban J connectivity index is 1.74. The van der Waals surface area contributed by atoms with E-state index in [9.17, 15) is 18.0 Å². The zero-order valence-corrected chi connectivity index (χ0v) is 14.9. The average Bonchev–Trinajstić information content (AvgIpc) is 2.98. The summed E-state index contributed by atoms with van der Waals surface area (Å²) in [5.41, 5.74) is -1.12. The van der Waals surface area contributed by atoms with Gasteiger partial charge < -0.3 is 9.47 Å². The van der Waals surface area contributed by atoms with E-state index in [1.54, 1.807) is 36.4 Å². The molecule has 8 heteroatoms. The normalized spacial score (nSPS) is 28.1. The van der Waals surface area contributed by atoms with Gasteiger partial charge in [0.05, 0.1) is 0 Å². The predicted molar refractivity (Wildman–Crippen MR) is 94.7 cm³/mol. The van der Waals surface area contributed by atoms with Crippen LogP contribution in [0.5, 0.6) is 0 Å². The van der Waals surface area contributed by atoms with Crippen molar-refractivity contribution < 1.29 is 27.4 Å². The molecule has 3 atom stereocenters. The molecule has 0 spiro atoms. The minimum absolute atomic E-state index is 0.0810. The van der Waals surface area contributed by atoms with Gasteiger partial charge >= 0.3 is 5.92 Å². The highest BCUT2D eigenvalue weighted by atomic mass is 19.3. The van der Waals surface area contributed by atoms with Gasteiger partial charge in [0, 0.05) is 11.1 Å².